The maximum atomic E-state index is 13.1. The van der Waals surface area contributed by atoms with Gasteiger partial charge in [0, 0.05) is 34.4 Å². The van der Waals surface area contributed by atoms with Crippen LogP contribution in [0, 0.1) is 6.92 Å². The van der Waals surface area contributed by atoms with Gasteiger partial charge >= 0.3 is 0 Å². The SMILES string of the molecule is Cc1ccc(-c2csc(NC(=O)CC3c4ccccc4Oc4ccccc43)n2)c2ccccc12. The van der Waals surface area contributed by atoms with Crippen molar-refractivity contribution in [3.63, 3.8) is 0 Å². The first kappa shape index (κ1) is 20.6. The van der Waals surface area contributed by atoms with Crippen molar-refractivity contribution < 1.29 is 9.53 Å². The summed E-state index contributed by atoms with van der Waals surface area (Å²) in [5, 5.41) is 8.03. The van der Waals surface area contributed by atoms with E-state index < -0.39 is 0 Å². The maximum absolute atomic E-state index is 13.1. The van der Waals surface area contributed by atoms with Crippen LogP contribution in [0.15, 0.2) is 90.3 Å². The second kappa shape index (κ2) is 8.43. The Morgan fingerprint density at radius 1 is 0.882 bits per heavy atom. The molecule has 4 aromatic carbocycles. The first-order chi connectivity index (χ1) is 16.7. The second-order valence-corrected chi connectivity index (χ2v) is 9.35. The van der Waals surface area contributed by atoms with E-state index in [-0.39, 0.29) is 11.8 Å². The van der Waals surface area contributed by atoms with Crippen molar-refractivity contribution in [3.8, 4) is 22.8 Å². The number of nitrogens with zero attached hydrogens (tertiary/aromatic N) is 1. The van der Waals surface area contributed by atoms with Gasteiger partial charge in [0.25, 0.3) is 0 Å². The minimum atomic E-state index is -0.0679. The highest BCUT2D eigenvalue weighted by Gasteiger charge is 2.29. The fourth-order valence-electron chi connectivity index (χ4n) is 4.71. The topological polar surface area (TPSA) is 51.2 Å². The Balaban J connectivity index is 1.26. The van der Waals surface area contributed by atoms with Gasteiger partial charge in [-0.2, -0.15) is 0 Å². The number of aromatic nitrogens is 1. The minimum Gasteiger partial charge on any atom is -0.457 e. The van der Waals surface area contributed by atoms with Crippen LogP contribution in [0.3, 0.4) is 0 Å². The molecule has 0 saturated carbocycles. The molecule has 1 N–H and O–H groups in total. The summed E-state index contributed by atoms with van der Waals surface area (Å²) in [6.07, 6.45) is 0.319. The average molecular weight is 463 g/mol. The lowest BCUT2D eigenvalue weighted by molar-refractivity contribution is -0.116. The highest BCUT2D eigenvalue weighted by Crippen LogP contribution is 2.45. The lowest BCUT2D eigenvalue weighted by Gasteiger charge is -2.27. The van der Waals surface area contributed by atoms with E-state index in [9.17, 15) is 4.79 Å². The van der Waals surface area contributed by atoms with E-state index in [2.05, 4.69) is 42.6 Å². The fourth-order valence-corrected chi connectivity index (χ4v) is 5.44. The molecule has 0 fully saturated rings. The zero-order chi connectivity index (χ0) is 23.1. The van der Waals surface area contributed by atoms with Crippen molar-refractivity contribution in [1.29, 1.82) is 0 Å². The Labute approximate surface area is 201 Å². The molecule has 0 saturated heterocycles. The second-order valence-electron chi connectivity index (χ2n) is 8.50. The number of nitrogens with one attached hydrogen (secondary N) is 1. The van der Waals surface area contributed by atoms with E-state index in [0.29, 0.717) is 11.6 Å². The molecular formula is C29H22N2O2S. The van der Waals surface area contributed by atoms with Gasteiger partial charge in [0.1, 0.15) is 11.5 Å². The van der Waals surface area contributed by atoms with Gasteiger partial charge in [-0.3, -0.25) is 4.79 Å². The summed E-state index contributed by atoms with van der Waals surface area (Å²) < 4.78 is 6.06. The van der Waals surface area contributed by atoms with E-state index >= 15 is 0 Å². The van der Waals surface area contributed by atoms with Crippen LogP contribution in [-0.2, 0) is 4.79 Å². The summed E-state index contributed by atoms with van der Waals surface area (Å²) in [7, 11) is 0. The molecule has 4 nitrogen and oxygen atoms in total. The molecule has 0 radical (unpaired) electrons. The van der Waals surface area contributed by atoms with E-state index in [1.54, 1.807) is 0 Å². The highest BCUT2D eigenvalue weighted by molar-refractivity contribution is 7.14. The molecular weight excluding hydrogens is 440 g/mol. The predicted molar refractivity (Wildman–Crippen MR) is 138 cm³/mol. The Bertz CT molecular complexity index is 1490. The third kappa shape index (κ3) is 3.64. The number of thiazole rings is 1. The van der Waals surface area contributed by atoms with Crippen LogP contribution in [0.25, 0.3) is 22.0 Å². The molecule has 2 heterocycles. The van der Waals surface area contributed by atoms with Crippen molar-refractivity contribution in [3.05, 3.63) is 107 Å². The molecule has 0 unspecified atom stereocenters. The third-order valence-corrected chi connectivity index (χ3v) is 7.12. The molecule has 166 valence electrons. The summed E-state index contributed by atoms with van der Waals surface area (Å²) in [6.45, 7) is 2.12. The maximum Gasteiger partial charge on any atom is 0.227 e. The van der Waals surface area contributed by atoms with Gasteiger partial charge in [-0.05, 0) is 35.4 Å². The standard InChI is InChI=1S/C29H22N2O2S/c1-18-14-15-21(20-9-3-2-8-19(18)20)25-17-34-29(30-25)31-28(32)16-24-22-10-4-6-12-26(22)33-27-13-7-5-11-23(24)27/h2-15,17,24H,16H2,1H3,(H,30,31,32). The summed E-state index contributed by atoms with van der Waals surface area (Å²) in [6, 6.07) is 28.4. The number of benzene rings is 4. The number of hydrogen-bond acceptors (Lipinski definition) is 4. The van der Waals surface area contributed by atoms with Crippen molar-refractivity contribution in [2.45, 2.75) is 19.3 Å². The third-order valence-electron chi connectivity index (χ3n) is 6.37. The van der Waals surface area contributed by atoms with E-state index in [1.165, 1.54) is 27.7 Å². The highest BCUT2D eigenvalue weighted by atomic mass is 32.1. The van der Waals surface area contributed by atoms with Gasteiger partial charge in [-0.1, -0.05) is 72.8 Å². The first-order valence-electron chi connectivity index (χ1n) is 11.3. The van der Waals surface area contributed by atoms with Crippen LogP contribution in [0.5, 0.6) is 11.5 Å². The smallest absolute Gasteiger partial charge is 0.227 e. The summed E-state index contributed by atoms with van der Waals surface area (Å²) in [5.41, 5.74) is 5.24. The molecule has 5 heteroatoms. The molecule has 34 heavy (non-hydrogen) atoms. The van der Waals surface area contributed by atoms with Crippen molar-refractivity contribution in [2.24, 2.45) is 0 Å². The number of fused-ring (bicyclic) bond motifs is 3. The molecule has 1 aliphatic rings. The van der Waals surface area contributed by atoms with Crippen molar-refractivity contribution >= 4 is 33.1 Å². The van der Waals surface area contributed by atoms with Crippen molar-refractivity contribution in [1.82, 2.24) is 4.98 Å². The van der Waals surface area contributed by atoms with Gasteiger partial charge in [0.2, 0.25) is 5.91 Å². The lowest BCUT2D eigenvalue weighted by atomic mass is 9.85. The molecule has 0 spiro atoms. The first-order valence-corrected chi connectivity index (χ1v) is 12.1. The molecule has 0 bridgehead atoms. The molecule has 0 atom stereocenters. The molecule has 1 amide bonds. The number of hydrogen-bond donors (Lipinski definition) is 1. The monoisotopic (exact) mass is 462 g/mol. The van der Waals surface area contributed by atoms with Crippen LogP contribution >= 0.6 is 11.3 Å². The number of carbonyl (C=O) groups is 1. The zero-order valence-electron chi connectivity index (χ0n) is 18.6. The largest absolute Gasteiger partial charge is 0.457 e. The minimum absolute atomic E-state index is 0.0637. The zero-order valence-corrected chi connectivity index (χ0v) is 19.4. The Morgan fingerprint density at radius 2 is 1.53 bits per heavy atom. The number of anilines is 1. The van der Waals surface area contributed by atoms with Gasteiger partial charge < -0.3 is 10.1 Å². The summed E-state index contributed by atoms with van der Waals surface area (Å²) in [4.78, 5) is 17.9. The lowest BCUT2D eigenvalue weighted by Crippen LogP contribution is -2.19. The van der Waals surface area contributed by atoms with Gasteiger partial charge in [-0.25, -0.2) is 4.98 Å². The predicted octanol–water partition coefficient (Wildman–Crippen LogP) is 7.54. The van der Waals surface area contributed by atoms with E-state index in [0.717, 1.165) is 33.9 Å². The number of carbonyl (C=O) groups excluding carboxylic acids is 1. The Kier molecular flexibility index (Phi) is 5.12. The van der Waals surface area contributed by atoms with Gasteiger partial charge in [-0.15, -0.1) is 11.3 Å². The van der Waals surface area contributed by atoms with Crippen LogP contribution in [-0.4, -0.2) is 10.9 Å². The van der Waals surface area contributed by atoms with Crippen LogP contribution in [0.1, 0.15) is 29.0 Å². The van der Waals surface area contributed by atoms with Gasteiger partial charge in [0.15, 0.2) is 5.13 Å². The van der Waals surface area contributed by atoms with Crippen molar-refractivity contribution in [2.75, 3.05) is 5.32 Å². The summed E-state index contributed by atoms with van der Waals surface area (Å²) in [5.74, 6) is 1.48. The Morgan fingerprint density at radius 3 is 2.26 bits per heavy atom. The van der Waals surface area contributed by atoms with Crippen LogP contribution < -0.4 is 10.1 Å². The number of amides is 1. The number of ether oxygens (including phenoxy) is 1. The average Bonchev–Trinajstić information content (AvgIpc) is 3.32. The van der Waals surface area contributed by atoms with Crippen LogP contribution in [0.4, 0.5) is 5.13 Å². The van der Waals surface area contributed by atoms with E-state index in [4.69, 9.17) is 9.72 Å². The molecule has 1 aliphatic heterocycles. The molecule has 1 aromatic heterocycles. The van der Waals surface area contributed by atoms with Gasteiger partial charge in [0.05, 0.1) is 5.69 Å². The quantitative estimate of drug-likeness (QED) is 0.300. The van der Waals surface area contributed by atoms with Crippen LogP contribution in [0.2, 0.25) is 0 Å². The molecule has 6 rings (SSSR count). The Hall–Kier alpha value is -3.96. The number of para-hydroxylation sites is 2. The fraction of sp³-hybridized carbons (Fsp3) is 0.103. The number of rotatable bonds is 4. The molecule has 0 aliphatic carbocycles. The summed E-state index contributed by atoms with van der Waals surface area (Å²) >= 11 is 1.45. The number of aryl methyl sites for hydroxylation is 1. The molecule has 5 aromatic rings. The normalized spacial score (nSPS) is 12.6. The van der Waals surface area contributed by atoms with E-state index in [1.807, 2.05) is 60.0 Å².